The van der Waals surface area contributed by atoms with Crippen molar-refractivity contribution in [3.63, 3.8) is 0 Å². The van der Waals surface area contributed by atoms with Crippen LogP contribution in [0.5, 0.6) is 5.75 Å². The van der Waals surface area contributed by atoms with E-state index in [1.807, 2.05) is 49.4 Å². The minimum Gasteiger partial charge on any atom is -0.423 e. The number of aryl methyl sites for hydroxylation is 1. The summed E-state index contributed by atoms with van der Waals surface area (Å²) in [5.74, 6) is 0.289. The monoisotopic (exact) mass is 268 g/mol. The fourth-order valence-electron chi connectivity index (χ4n) is 1.94. The molecule has 0 unspecified atom stereocenters. The molecular weight excluding hydrogens is 248 g/mol. The molecule has 104 valence electrons. The molecular formula is C18H20O2. The maximum atomic E-state index is 12.1. The van der Waals surface area contributed by atoms with Crippen molar-refractivity contribution in [2.24, 2.45) is 0 Å². The van der Waals surface area contributed by atoms with Crippen LogP contribution in [0.25, 0.3) is 0 Å². The maximum absolute atomic E-state index is 12.1. The van der Waals surface area contributed by atoms with Crippen molar-refractivity contribution >= 4 is 5.97 Å². The third-order valence-electron chi connectivity index (χ3n) is 3.28. The molecule has 0 heterocycles. The van der Waals surface area contributed by atoms with Gasteiger partial charge in [-0.15, -0.1) is 0 Å². The van der Waals surface area contributed by atoms with E-state index in [9.17, 15) is 4.79 Å². The number of hydrogen-bond acceptors (Lipinski definition) is 2. The molecule has 0 N–H and O–H groups in total. The normalized spacial score (nSPS) is 11.2. The fraction of sp³-hybridized carbons (Fsp3) is 0.278. The van der Waals surface area contributed by atoms with Gasteiger partial charge < -0.3 is 4.74 Å². The number of carbonyl (C=O) groups excluding carboxylic acids is 1. The molecule has 0 bridgehead atoms. The predicted molar refractivity (Wildman–Crippen MR) is 81.3 cm³/mol. The topological polar surface area (TPSA) is 26.3 Å². The van der Waals surface area contributed by atoms with E-state index >= 15 is 0 Å². The summed E-state index contributed by atoms with van der Waals surface area (Å²) in [5.41, 5.74) is 2.80. The molecule has 0 aliphatic heterocycles. The van der Waals surface area contributed by atoms with Crippen LogP contribution in [-0.4, -0.2) is 5.97 Å². The van der Waals surface area contributed by atoms with E-state index in [4.69, 9.17) is 4.74 Å². The first-order valence-corrected chi connectivity index (χ1v) is 6.76. The SMILES string of the molecule is Cc1ccccc1OC(=O)c1ccc(C(C)(C)C)cc1. The zero-order valence-electron chi connectivity index (χ0n) is 12.4. The summed E-state index contributed by atoms with van der Waals surface area (Å²) in [6, 6.07) is 15.1. The van der Waals surface area contributed by atoms with Gasteiger partial charge in [-0.3, -0.25) is 0 Å². The summed E-state index contributed by atoms with van der Waals surface area (Å²) in [5, 5.41) is 0. The minimum absolute atomic E-state index is 0.0818. The number of carbonyl (C=O) groups is 1. The average molecular weight is 268 g/mol. The largest absolute Gasteiger partial charge is 0.423 e. The van der Waals surface area contributed by atoms with Crippen molar-refractivity contribution < 1.29 is 9.53 Å². The molecule has 2 rings (SSSR count). The van der Waals surface area contributed by atoms with Gasteiger partial charge in [-0.05, 0) is 41.7 Å². The quantitative estimate of drug-likeness (QED) is 0.591. The van der Waals surface area contributed by atoms with Gasteiger partial charge >= 0.3 is 5.97 Å². The number of para-hydroxylation sites is 1. The van der Waals surface area contributed by atoms with Gasteiger partial charge in [0.1, 0.15) is 5.75 Å². The van der Waals surface area contributed by atoms with Crippen LogP contribution in [0.2, 0.25) is 0 Å². The van der Waals surface area contributed by atoms with Gasteiger partial charge in [0.05, 0.1) is 5.56 Å². The molecule has 0 aliphatic rings. The molecule has 0 atom stereocenters. The highest BCUT2D eigenvalue weighted by Gasteiger charge is 2.15. The Balaban J connectivity index is 2.16. The summed E-state index contributed by atoms with van der Waals surface area (Å²) in [6.07, 6.45) is 0. The van der Waals surface area contributed by atoms with Crippen molar-refractivity contribution in [1.29, 1.82) is 0 Å². The average Bonchev–Trinajstić information content (AvgIpc) is 2.40. The van der Waals surface area contributed by atoms with Gasteiger partial charge in [-0.25, -0.2) is 4.79 Å². The number of benzene rings is 2. The van der Waals surface area contributed by atoms with Gasteiger partial charge in [-0.1, -0.05) is 51.1 Å². The van der Waals surface area contributed by atoms with Gasteiger partial charge in [0.25, 0.3) is 0 Å². The van der Waals surface area contributed by atoms with Crippen LogP contribution in [0.4, 0.5) is 0 Å². The van der Waals surface area contributed by atoms with Crippen molar-refractivity contribution in [2.75, 3.05) is 0 Å². The van der Waals surface area contributed by atoms with E-state index in [1.54, 1.807) is 6.07 Å². The van der Waals surface area contributed by atoms with Crippen LogP contribution in [0.1, 0.15) is 42.3 Å². The molecule has 0 radical (unpaired) electrons. The third kappa shape index (κ3) is 3.27. The molecule has 0 aliphatic carbocycles. The van der Waals surface area contributed by atoms with Crippen LogP contribution in [0, 0.1) is 6.92 Å². The van der Waals surface area contributed by atoms with Crippen molar-refractivity contribution in [1.82, 2.24) is 0 Å². The van der Waals surface area contributed by atoms with Crippen molar-refractivity contribution in [2.45, 2.75) is 33.1 Å². The molecule has 0 saturated heterocycles. The second-order valence-electron chi connectivity index (χ2n) is 5.98. The zero-order chi connectivity index (χ0) is 14.8. The summed E-state index contributed by atoms with van der Waals surface area (Å²) in [4.78, 5) is 12.1. The van der Waals surface area contributed by atoms with Gasteiger partial charge in [0, 0.05) is 0 Å². The Kier molecular flexibility index (Phi) is 3.93. The lowest BCUT2D eigenvalue weighted by Crippen LogP contribution is -2.13. The fourth-order valence-corrected chi connectivity index (χ4v) is 1.94. The zero-order valence-corrected chi connectivity index (χ0v) is 12.4. The highest BCUT2D eigenvalue weighted by Crippen LogP contribution is 2.23. The predicted octanol–water partition coefficient (Wildman–Crippen LogP) is 4.51. The standard InChI is InChI=1S/C18H20O2/c1-13-7-5-6-8-16(13)20-17(19)14-9-11-15(12-10-14)18(2,3)4/h5-12H,1-4H3. The van der Waals surface area contributed by atoms with E-state index in [1.165, 1.54) is 5.56 Å². The number of ether oxygens (including phenoxy) is 1. The van der Waals surface area contributed by atoms with E-state index < -0.39 is 0 Å². The van der Waals surface area contributed by atoms with Crippen LogP contribution in [-0.2, 0) is 5.41 Å². The lowest BCUT2D eigenvalue weighted by atomic mass is 9.87. The molecule has 0 amide bonds. The van der Waals surface area contributed by atoms with Crippen LogP contribution in [0.3, 0.4) is 0 Å². The molecule has 2 nitrogen and oxygen atoms in total. The Labute approximate surface area is 120 Å². The van der Waals surface area contributed by atoms with Crippen molar-refractivity contribution in [3.05, 3.63) is 65.2 Å². The Morgan fingerprint density at radius 3 is 2.10 bits per heavy atom. The van der Waals surface area contributed by atoms with E-state index in [2.05, 4.69) is 20.8 Å². The number of esters is 1. The van der Waals surface area contributed by atoms with Gasteiger partial charge in [-0.2, -0.15) is 0 Å². The lowest BCUT2D eigenvalue weighted by Gasteiger charge is -2.19. The summed E-state index contributed by atoms with van der Waals surface area (Å²) >= 11 is 0. The molecule has 0 saturated carbocycles. The summed E-state index contributed by atoms with van der Waals surface area (Å²) in [6.45, 7) is 8.36. The number of rotatable bonds is 2. The van der Waals surface area contributed by atoms with Gasteiger partial charge in [0.2, 0.25) is 0 Å². The van der Waals surface area contributed by atoms with Gasteiger partial charge in [0.15, 0.2) is 0 Å². The highest BCUT2D eigenvalue weighted by atomic mass is 16.5. The molecule has 2 heteroatoms. The molecule has 0 fully saturated rings. The van der Waals surface area contributed by atoms with Crippen LogP contribution >= 0.6 is 0 Å². The molecule has 0 aromatic heterocycles. The Morgan fingerprint density at radius 1 is 0.950 bits per heavy atom. The molecule has 20 heavy (non-hydrogen) atoms. The van der Waals surface area contributed by atoms with E-state index in [0.717, 1.165) is 5.56 Å². The first-order chi connectivity index (χ1) is 9.38. The van der Waals surface area contributed by atoms with Crippen molar-refractivity contribution in [3.8, 4) is 5.75 Å². The summed E-state index contributed by atoms with van der Waals surface area (Å²) < 4.78 is 5.42. The van der Waals surface area contributed by atoms with E-state index in [-0.39, 0.29) is 11.4 Å². The molecule has 2 aromatic rings. The van der Waals surface area contributed by atoms with Crippen LogP contribution < -0.4 is 4.74 Å². The minimum atomic E-state index is -0.320. The highest BCUT2D eigenvalue weighted by molar-refractivity contribution is 5.91. The Hall–Kier alpha value is -2.09. The van der Waals surface area contributed by atoms with Crippen LogP contribution in [0.15, 0.2) is 48.5 Å². The first-order valence-electron chi connectivity index (χ1n) is 6.76. The van der Waals surface area contributed by atoms with E-state index in [0.29, 0.717) is 11.3 Å². The molecule has 0 spiro atoms. The number of hydrogen-bond donors (Lipinski definition) is 0. The summed E-state index contributed by atoms with van der Waals surface area (Å²) in [7, 11) is 0. The molecule has 2 aromatic carbocycles. The lowest BCUT2D eigenvalue weighted by molar-refractivity contribution is 0.0733. The third-order valence-corrected chi connectivity index (χ3v) is 3.28. The first kappa shape index (κ1) is 14.3. The smallest absolute Gasteiger partial charge is 0.343 e. The maximum Gasteiger partial charge on any atom is 0.343 e. The Bertz CT molecular complexity index is 604. The second-order valence-corrected chi connectivity index (χ2v) is 5.98. The Morgan fingerprint density at radius 2 is 1.55 bits per heavy atom. The second kappa shape index (κ2) is 5.49.